The number of carbonyl (C=O) groups is 3. The average molecular weight is 484 g/mol. The molecule has 0 spiro atoms. The molecule has 0 saturated heterocycles. The van der Waals surface area contributed by atoms with Crippen molar-refractivity contribution in [2.45, 2.75) is 12.8 Å². The highest BCUT2D eigenvalue weighted by Crippen LogP contribution is 2.43. The molecule has 0 saturated carbocycles. The summed E-state index contributed by atoms with van der Waals surface area (Å²) < 4.78 is 23.6. The van der Waals surface area contributed by atoms with Gasteiger partial charge in [0.05, 0.1) is 36.1 Å². The molecule has 1 heterocycles. The molecule has 0 aromatic heterocycles. The number of carbonyl (C=O) groups excluding carboxylic acids is 3. The van der Waals surface area contributed by atoms with Gasteiger partial charge in [-0.1, -0.05) is 30.0 Å². The van der Waals surface area contributed by atoms with Crippen molar-refractivity contribution in [1.82, 2.24) is 5.32 Å². The van der Waals surface area contributed by atoms with Crippen molar-refractivity contribution in [3.8, 4) is 11.8 Å². The maximum absolute atomic E-state index is 13.1. The summed E-state index contributed by atoms with van der Waals surface area (Å²) in [6.07, 6.45) is 0. The first-order valence-electron chi connectivity index (χ1n) is 10.3. The first-order chi connectivity index (χ1) is 16.4. The molecule has 2 amide bonds. The maximum atomic E-state index is 13.1. The van der Waals surface area contributed by atoms with E-state index in [0.29, 0.717) is 17.0 Å². The maximum Gasteiger partial charge on any atom is 0.319 e. The number of amides is 2. The molecule has 34 heavy (non-hydrogen) atoms. The van der Waals surface area contributed by atoms with Gasteiger partial charge in [-0.2, -0.15) is 5.26 Å². The van der Waals surface area contributed by atoms with E-state index in [1.165, 1.54) is 31.4 Å². The second-order valence-electron chi connectivity index (χ2n) is 7.14. The number of methoxy groups -OCH3 is 1. The molecular weight excluding hydrogens is 461 g/mol. The summed E-state index contributed by atoms with van der Waals surface area (Å²) in [6, 6.07) is 14.1. The Labute approximate surface area is 200 Å². The average Bonchev–Trinajstić information content (AvgIpc) is 2.83. The van der Waals surface area contributed by atoms with Gasteiger partial charge in [0.25, 0.3) is 0 Å². The molecule has 2 aromatic rings. The van der Waals surface area contributed by atoms with Gasteiger partial charge in [-0.3, -0.25) is 14.4 Å². The molecule has 1 aliphatic rings. The molecule has 3 rings (SSSR count). The fraction of sp³-hybridized carbons (Fsp3) is 0.250. The van der Waals surface area contributed by atoms with E-state index < -0.39 is 35.4 Å². The van der Waals surface area contributed by atoms with Gasteiger partial charge in [0.2, 0.25) is 11.8 Å². The van der Waals surface area contributed by atoms with Gasteiger partial charge in [-0.15, -0.1) is 0 Å². The van der Waals surface area contributed by atoms with Crippen LogP contribution in [0.15, 0.2) is 59.1 Å². The van der Waals surface area contributed by atoms with Crippen molar-refractivity contribution in [3.05, 3.63) is 70.5 Å². The Morgan fingerprint density at radius 3 is 2.56 bits per heavy atom. The molecule has 0 bridgehead atoms. The largest absolute Gasteiger partial charge is 0.496 e. The van der Waals surface area contributed by atoms with Gasteiger partial charge in [-0.25, -0.2) is 4.39 Å². The van der Waals surface area contributed by atoms with E-state index in [4.69, 9.17) is 9.47 Å². The van der Waals surface area contributed by atoms with Crippen LogP contribution >= 0.6 is 11.8 Å². The molecule has 1 aliphatic heterocycles. The van der Waals surface area contributed by atoms with E-state index in [2.05, 4.69) is 16.7 Å². The van der Waals surface area contributed by atoms with E-state index in [9.17, 15) is 24.0 Å². The van der Waals surface area contributed by atoms with Gasteiger partial charge >= 0.3 is 5.97 Å². The van der Waals surface area contributed by atoms with Crippen LogP contribution in [0.4, 0.5) is 10.1 Å². The predicted molar refractivity (Wildman–Crippen MR) is 124 cm³/mol. The van der Waals surface area contributed by atoms with Crippen LogP contribution < -0.4 is 15.4 Å². The smallest absolute Gasteiger partial charge is 0.319 e. The molecule has 2 atom stereocenters. The lowest BCUT2D eigenvalue weighted by Gasteiger charge is -2.31. The number of hydrogen-bond acceptors (Lipinski definition) is 7. The van der Waals surface area contributed by atoms with Gasteiger partial charge in [0.1, 0.15) is 17.5 Å². The van der Waals surface area contributed by atoms with Crippen LogP contribution in [0.5, 0.6) is 5.75 Å². The lowest BCUT2D eigenvalue weighted by Crippen LogP contribution is -2.44. The van der Waals surface area contributed by atoms with Crippen LogP contribution in [-0.2, 0) is 19.1 Å². The number of nitrogens with one attached hydrogen (secondary N) is 2. The fourth-order valence-corrected chi connectivity index (χ4v) is 4.40. The molecule has 2 N–H and O–H groups in total. The first-order valence-corrected chi connectivity index (χ1v) is 11.3. The second kappa shape index (κ2) is 11.3. The third-order valence-corrected chi connectivity index (χ3v) is 6.04. The lowest BCUT2D eigenvalue weighted by molar-refractivity contribution is -0.152. The Bertz CT molecular complexity index is 1160. The zero-order valence-corrected chi connectivity index (χ0v) is 19.3. The number of nitrogens with zero attached hydrogens (tertiary/aromatic N) is 1. The first kappa shape index (κ1) is 24.8. The summed E-state index contributed by atoms with van der Waals surface area (Å²) in [6.45, 7) is 1.69. The molecule has 2 aromatic carbocycles. The van der Waals surface area contributed by atoms with Crippen molar-refractivity contribution in [2.75, 3.05) is 24.8 Å². The Balaban J connectivity index is 1.93. The zero-order valence-electron chi connectivity index (χ0n) is 18.5. The van der Waals surface area contributed by atoms with Crippen molar-refractivity contribution >= 4 is 35.2 Å². The molecule has 8 nitrogen and oxygen atoms in total. The number of rotatable bonds is 8. The van der Waals surface area contributed by atoms with Crippen LogP contribution in [-0.4, -0.2) is 37.3 Å². The molecule has 0 radical (unpaired) electrons. The minimum absolute atomic E-state index is 0.0675. The number of thioether (sulfide) groups is 1. The number of halogens is 1. The zero-order chi connectivity index (χ0) is 24.7. The lowest BCUT2D eigenvalue weighted by atomic mass is 9.78. The summed E-state index contributed by atoms with van der Waals surface area (Å²) >= 11 is 0.949. The quantitative estimate of drug-likeness (QED) is 0.437. The topological polar surface area (TPSA) is 118 Å². The Kier molecular flexibility index (Phi) is 8.27. The monoisotopic (exact) mass is 483 g/mol. The highest BCUT2D eigenvalue weighted by atomic mass is 32.2. The van der Waals surface area contributed by atoms with E-state index in [1.807, 2.05) is 0 Å². The second-order valence-corrected chi connectivity index (χ2v) is 8.12. The van der Waals surface area contributed by atoms with E-state index in [-0.39, 0.29) is 23.0 Å². The molecule has 0 unspecified atom stereocenters. The van der Waals surface area contributed by atoms with Crippen molar-refractivity contribution in [1.29, 1.82) is 5.26 Å². The minimum Gasteiger partial charge on any atom is -0.496 e. The normalized spacial score (nSPS) is 17.4. The van der Waals surface area contributed by atoms with Gasteiger partial charge < -0.3 is 20.1 Å². The number of anilines is 1. The van der Waals surface area contributed by atoms with Gasteiger partial charge in [0, 0.05) is 17.2 Å². The number of nitriles is 1. The number of allylic oxidation sites excluding steroid dienone is 1. The van der Waals surface area contributed by atoms with Gasteiger partial charge in [-0.05, 0) is 37.3 Å². The van der Waals surface area contributed by atoms with Crippen LogP contribution in [0.2, 0.25) is 0 Å². The minimum atomic E-state index is -1.30. The number of ether oxygens (including phenoxy) is 2. The summed E-state index contributed by atoms with van der Waals surface area (Å²) in [5.74, 6) is -4.25. The molecule has 0 aliphatic carbocycles. The Hall–Kier alpha value is -3.84. The van der Waals surface area contributed by atoms with E-state index in [0.717, 1.165) is 11.8 Å². The summed E-state index contributed by atoms with van der Waals surface area (Å²) in [4.78, 5) is 38.1. The van der Waals surface area contributed by atoms with Crippen LogP contribution in [0, 0.1) is 23.1 Å². The third kappa shape index (κ3) is 5.55. The highest BCUT2D eigenvalue weighted by Gasteiger charge is 2.45. The number of hydrogen-bond donors (Lipinski definition) is 2. The SMILES string of the molecule is CCOC(=O)[C@H]1C(=O)NC(SCC(=O)Nc2ccc(F)cc2)=C(C#N)[C@H]1c1ccccc1OC. The van der Waals surface area contributed by atoms with Crippen molar-refractivity contribution in [3.63, 3.8) is 0 Å². The van der Waals surface area contributed by atoms with Crippen LogP contribution in [0.3, 0.4) is 0 Å². The predicted octanol–water partition coefficient (Wildman–Crippen LogP) is 3.33. The third-order valence-electron chi connectivity index (χ3n) is 5.02. The summed E-state index contributed by atoms with van der Waals surface area (Å²) in [7, 11) is 1.45. The number of para-hydroxylation sites is 1. The molecule has 10 heteroatoms. The number of esters is 1. The van der Waals surface area contributed by atoms with E-state index >= 15 is 0 Å². The van der Waals surface area contributed by atoms with Crippen LogP contribution in [0.1, 0.15) is 18.4 Å². The molecule has 0 fully saturated rings. The highest BCUT2D eigenvalue weighted by molar-refractivity contribution is 8.03. The van der Waals surface area contributed by atoms with Gasteiger partial charge in [0.15, 0.2) is 0 Å². The molecule has 176 valence electrons. The van der Waals surface area contributed by atoms with E-state index in [1.54, 1.807) is 31.2 Å². The van der Waals surface area contributed by atoms with Crippen molar-refractivity contribution in [2.24, 2.45) is 5.92 Å². The Morgan fingerprint density at radius 2 is 1.91 bits per heavy atom. The Morgan fingerprint density at radius 1 is 1.21 bits per heavy atom. The number of benzene rings is 2. The molecular formula is C24H22FN3O5S. The fourth-order valence-electron chi connectivity index (χ4n) is 3.55. The van der Waals surface area contributed by atoms with Crippen LogP contribution in [0.25, 0.3) is 0 Å². The standard InChI is InChI=1S/C24H22FN3O5S/c1-3-33-24(31)21-20(16-6-4-5-7-18(16)32-2)17(12-26)23(28-22(21)30)34-13-19(29)27-15-10-8-14(25)9-11-15/h4-11,20-21H,3,13H2,1-2H3,(H,27,29)(H,28,30)/t20-,21-/m1/s1. The summed E-state index contributed by atoms with van der Waals surface area (Å²) in [5.41, 5.74) is 0.994. The van der Waals surface area contributed by atoms with Crippen molar-refractivity contribution < 1.29 is 28.2 Å². The summed E-state index contributed by atoms with van der Waals surface area (Å²) in [5, 5.41) is 15.4.